The van der Waals surface area contributed by atoms with Crippen molar-refractivity contribution in [2.75, 3.05) is 5.73 Å². The third-order valence-electron chi connectivity index (χ3n) is 3.57. The smallest absolute Gasteiger partial charge is 0.270 e. The van der Waals surface area contributed by atoms with Crippen molar-refractivity contribution in [1.82, 2.24) is 9.97 Å². The molecule has 3 aromatic rings. The Kier molecular flexibility index (Phi) is 2.08. The molecular weight excluding hydrogens is 258 g/mol. The molecule has 0 saturated carbocycles. The second-order valence-electron chi connectivity index (χ2n) is 4.70. The Morgan fingerprint density at radius 2 is 2.11 bits per heavy atom. The van der Waals surface area contributed by atoms with Gasteiger partial charge in [0.15, 0.2) is 0 Å². The number of benzene rings is 1. The lowest BCUT2D eigenvalue weighted by atomic mass is 9.91. The highest BCUT2D eigenvalue weighted by Gasteiger charge is 2.22. The molecule has 2 heterocycles. The van der Waals surface area contributed by atoms with Gasteiger partial charge < -0.3 is 5.73 Å². The number of nitrogens with one attached hydrogen (secondary N) is 1. The zero-order chi connectivity index (χ0) is 13.0. The van der Waals surface area contributed by atoms with Crippen molar-refractivity contribution in [2.45, 2.75) is 12.8 Å². The van der Waals surface area contributed by atoms with Crippen molar-refractivity contribution in [3.63, 3.8) is 0 Å². The number of nitrogens with two attached hydrogens (primary N) is 1. The highest BCUT2D eigenvalue weighted by Crippen LogP contribution is 2.41. The largest absolute Gasteiger partial charge is 0.369 e. The van der Waals surface area contributed by atoms with Gasteiger partial charge in [0.2, 0.25) is 5.95 Å². The van der Waals surface area contributed by atoms with Crippen LogP contribution >= 0.6 is 11.3 Å². The molecule has 4 nitrogen and oxygen atoms in total. The van der Waals surface area contributed by atoms with Crippen LogP contribution in [0.2, 0.25) is 0 Å². The minimum atomic E-state index is -0.139. The summed E-state index contributed by atoms with van der Waals surface area (Å²) in [5.74, 6) is 0.192. The van der Waals surface area contributed by atoms with Gasteiger partial charge in [0, 0.05) is 4.88 Å². The van der Waals surface area contributed by atoms with E-state index in [-0.39, 0.29) is 11.5 Å². The quantitative estimate of drug-likeness (QED) is 0.658. The predicted octanol–water partition coefficient (Wildman–Crippen LogP) is 2.33. The zero-order valence-corrected chi connectivity index (χ0v) is 10.9. The van der Waals surface area contributed by atoms with Gasteiger partial charge in [-0.1, -0.05) is 24.3 Å². The fraction of sp³-hybridized carbons (Fsp3) is 0.143. The summed E-state index contributed by atoms with van der Waals surface area (Å²) in [4.78, 5) is 20.0. The van der Waals surface area contributed by atoms with Crippen LogP contribution < -0.4 is 11.3 Å². The standard InChI is InChI=1S/C14H11N3OS/c15-14-16-10-9-6-5-7-3-1-2-4-8(7)11(9)19-12(10)13(18)17-14/h1-4H,5-6H2,(H3,15,16,17,18). The van der Waals surface area contributed by atoms with E-state index in [4.69, 9.17) is 5.73 Å². The summed E-state index contributed by atoms with van der Waals surface area (Å²) in [6, 6.07) is 8.35. The molecule has 1 aromatic carbocycles. The molecule has 2 aromatic heterocycles. The number of fused-ring (bicyclic) bond motifs is 5. The SMILES string of the molecule is Nc1nc2c3c(sc2c(=O)[nH]1)-c1ccccc1CC3. The molecule has 0 fully saturated rings. The highest BCUT2D eigenvalue weighted by molar-refractivity contribution is 7.22. The highest BCUT2D eigenvalue weighted by atomic mass is 32.1. The van der Waals surface area contributed by atoms with Crippen LogP contribution in [0.5, 0.6) is 0 Å². The molecule has 4 rings (SSSR count). The number of H-pyrrole nitrogens is 1. The van der Waals surface area contributed by atoms with Crippen molar-refractivity contribution >= 4 is 27.5 Å². The number of aromatic nitrogens is 2. The minimum Gasteiger partial charge on any atom is -0.369 e. The van der Waals surface area contributed by atoms with Gasteiger partial charge in [0.25, 0.3) is 5.56 Å². The molecule has 0 radical (unpaired) electrons. The third-order valence-corrected chi connectivity index (χ3v) is 4.82. The molecule has 0 amide bonds. The van der Waals surface area contributed by atoms with E-state index in [2.05, 4.69) is 28.2 Å². The second-order valence-corrected chi connectivity index (χ2v) is 5.72. The fourth-order valence-corrected chi connectivity index (χ4v) is 3.96. The molecule has 0 spiro atoms. The molecule has 0 unspecified atom stereocenters. The molecule has 0 atom stereocenters. The number of hydrogen-bond donors (Lipinski definition) is 2. The average Bonchev–Trinajstić information content (AvgIpc) is 2.78. The van der Waals surface area contributed by atoms with Crippen LogP contribution in [0.4, 0.5) is 5.95 Å². The second kappa shape index (κ2) is 3.68. The van der Waals surface area contributed by atoms with Gasteiger partial charge in [0.1, 0.15) is 4.70 Å². The van der Waals surface area contributed by atoms with Crippen LogP contribution in [0.1, 0.15) is 11.1 Å². The summed E-state index contributed by atoms with van der Waals surface area (Å²) in [6.45, 7) is 0. The number of aryl methyl sites for hydroxylation is 2. The lowest BCUT2D eigenvalue weighted by Crippen LogP contribution is -2.10. The first-order valence-electron chi connectivity index (χ1n) is 6.13. The molecule has 0 aliphatic heterocycles. The first-order chi connectivity index (χ1) is 9.24. The molecule has 1 aliphatic carbocycles. The monoisotopic (exact) mass is 269 g/mol. The van der Waals surface area contributed by atoms with Crippen molar-refractivity contribution in [3.8, 4) is 10.4 Å². The van der Waals surface area contributed by atoms with Gasteiger partial charge in [-0.3, -0.25) is 9.78 Å². The molecule has 0 bridgehead atoms. The molecule has 94 valence electrons. The Balaban J connectivity index is 2.14. The molecule has 1 aliphatic rings. The number of anilines is 1. The number of nitrogen functional groups attached to an aromatic ring is 1. The normalized spacial score (nSPS) is 13.3. The maximum Gasteiger partial charge on any atom is 0.270 e. The zero-order valence-electron chi connectivity index (χ0n) is 10.1. The van der Waals surface area contributed by atoms with Crippen LogP contribution in [0, 0.1) is 0 Å². The van der Waals surface area contributed by atoms with Gasteiger partial charge in [-0.2, -0.15) is 0 Å². The summed E-state index contributed by atoms with van der Waals surface area (Å²) < 4.78 is 0.677. The number of aromatic amines is 1. The lowest BCUT2D eigenvalue weighted by Gasteiger charge is -2.15. The molecule has 0 saturated heterocycles. The van der Waals surface area contributed by atoms with Gasteiger partial charge in [-0.25, -0.2) is 4.98 Å². The Morgan fingerprint density at radius 1 is 1.26 bits per heavy atom. The fourth-order valence-electron chi connectivity index (χ4n) is 2.72. The van der Waals surface area contributed by atoms with Crippen molar-refractivity contribution in [3.05, 3.63) is 45.7 Å². The van der Waals surface area contributed by atoms with E-state index in [1.165, 1.54) is 27.3 Å². The Bertz CT molecular complexity index is 863. The van der Waals surface area contributed by atoms with E-state index in [0.29, 0.717) is 4.70 Å². The van der Waals surface area contributed by atoms with Crippen molar-refractivity contribution in [2.24, 2.45) is 0 Å². The summed E-state index contributed by atoms with van der Waals surface area (Å²) in [7, 11) is 0. The van der Waals surface area contributed by atoms with Crippen LogP contribution in [0.3, 0.4) is 0 Å². The Labute approximate surface area is 112 Å². The first kappa shape index (κ1) is 10.8. The van der Waals surface area contributed by atoms with Crippen LogP contribution in [0.15, 0.2) is 29.1 Å². The average molecular weight is 269 g/mol. The first-order valence-corrected chi connectivity index (χ1v) is 6.95. The number of thiophene rings is 1. The van der Waals surface area contributed by atoms with Crippen LogP contribution in [0.25, 0.3) is 20.7 Å². The molecule has 19 heavy (non-hydrogen) atoms. The Morgan fingerprint density at radius 3 is 3.00 bits per heavy atom. The molecule has 5 heteroatoms. The van der Waals surface area contributed by atoms with E-state index in [1.54, 1.807) is 0 Å². The Hall–Kier alpha value is -2.14. The topological polar surface area (TPSA) is 71.8 Å². The van der Waals surface area contributed by atoms with Gasteiger partial charge >= 0.3 is 0 Å². The van der Waals surface area contributed by atoms with Crippen LogP contribution in [-0.2, 0) is 12.8 Å². The maximum absolute atomic E-state index is 12.0. The van der Waals surface area contributed by atoms with Gasteiger partial charge in [0.05, 0.1) is 5.52 Å². The summed E-state index contributed by atoms with van der Waals surface area (Å²) in [5.41, 5.74) is 10.0. The van der Waals surface area contributed by atoms with E-state index < -0.39 is 0 Å². The van der Waals surface area contributed by atoms with E-state index in [0.717, 1.165) is 23.9 Å². The lowest BCUT2D eigenvalue weighted by molar-refractivity contribution is 0.953. The van der Waals surface area contributed by atoms with Crippen molar-refractivity contribution in [1.29, 1.82) is 0 Å². The summed E-state index contributed by atoms with van der Waals surface area (Å²) in [5, 5.41) is 0. The number of rotatable bonds is 0. The number of hydrogen-bond acceptors (Lipinski definition) is 4. The van der Waals surface area contributed by atoms with Crippen molar-refractivity contribution < 1.29 is 0 Å². The van der Waals surface area contributed by atoms with Gasteiger partial charge in [-0.15, -0.1) is 11.3 Å². The molecular formula is C14H11N3OS. The van der Waals surface area contributed by atoms with E-state index in [1.807, 2.05) is 6.07 Å². The number of nitrogens with zero attached hydrogens (tertiary/aromatic N) is 1. The van der Waals surface area contributed by atoms with E-state index in [9.17, 15) is 4.79 Å². The molecule has 3 N–H and O–H groups in total. The van der Waals surface area contributed by atoms with E-state index >= 15 is 0 Å². The van der Waals surface area contributed by atoms with Crippen LogP contribution in [-0.4, -0.2) is 9.97 Å². The predicted molar refractivity (Wildman–Crippen MR) is 77.5 cm³/mol. The maximum atomic E-state index is 12.0. The summed E-state index contributed by atoms with van der Waals surface area (Å²) in [6.07, 6.45) is 1.91. The third kappa shape index (κ3) is 1.45. The minimum absolute atomic E-state index is 0.139. The van der Waals surface area contributed by atoms with Gasteiger partial charge in [-0.05, 0) is 29.5 Å². The summed E-state index contributed by atoms with van der Waals surface area (Å²) >= 11 is 1.52.